The topological polar surface area (TPSA) is 21.3 Å². The molecule has 1 N–H and O–H groups in total. The molecule has 0 amide bonds. The van der Waals surface area contributed by atoms with Gasteiger partial charge in [-0.15, -0.1) is 11.3 Å². The second-order valence-electron chi connectivity index (χ2n) is 4.41. The van der Waals surface area contributed by atoms with Gasteiger partial charge in [0, 0.05) is 9.35 Å². The van der Waals surface area contributed by atoms with E-state index in [1.807, 2.05) is 19.2 Å². The molecule has 2 nitrogen and oxygen atoms in total. The molecule has 0 aliphatic carbocycles. The van der Waals surface area contributed by atoms with Crippen molar-refractivity contribution in [3.8, 4) is 5.75 Å². The Morgan fingerprint density at radius 2 is 2.20 bits per heavy atom. The normalized spacial score (nSPS) is 12.4. The van der Waals surface area contributed by atoms with Gasteiger partial charge >= 0.3 is 0 Å². The lowest BCUT2D eigenvalue weighted by atomic mass is 10.1. The number of ether oxygens (including phenoxy) is 1. The van der Waals surface area contributed by atoms with Gasteiger partial charge in [0.2, 0.25) is 0 Å². The summed E-state index contributed by atoms with van der Waals surface area (Å²) in [7, 11) is 1.95. The molecule has 1 atom stereocenters. The van der Waals surface area contributed by atoms with E-state index in [4.69, 9.17) is 16.3 Å². The third kappa shape index (κ3) is 3.76. The van der Waals surface area contributed by atoms with E-state index in [1.54, 1.807) is 11.3 Å². The molecule has 0 saturated heterocycles. The van der Waals surface area contributed by atoms with Gasteiger partial charge in [0.25, 0.3) is 0 Å². The van der Waals surface area contributed by atoms with Crippen molar-refractivity contribution in [1.82, 2.24) is 5.32 Å². The predicted octanol–water partition coefficient (Wildman–Crippen LogP) is 5.26. The van der Waals surface area contributed by atoms with E-state index < -0.39 is 0 Å². The van der Waals surface area contributed by atoms with E-state index >= 15 is 0 Å². The van der Waals surface area contributed by atoms with Crippen LogP contribution < -0.4 is 10.1 Å². The van der Waals surface area contributed by atoms with Crippen molar-refractivity contribution in [2.24, 2.45) is 0 Å². The summed E-state index contributed by atoms with van der Waals surface area (Å²) in [5, 5.41) is 3.33. The summed E-state index contributed by atoms with van der Waals surface area (Å²) in [6.45, 7) is 2.84. The highest BCUT2D eigenvalue weighted by atomic mass is 79.9. The predicted molar refractivity (Wildman–Crippen MR) is 90.2 cm³/mol. The number of hydrogen-bond donors (Lipinski definition) is 1. The Kier molecular flexibility index (Phi) is 5.90. The van der Waals surface area contributed by atoms with Crippen LogP contribution in [0.15, 0.2) is 34.8 Å². The first-order valence-corrected chi connectivity index (χ1v) is 8.49. The fraction of sp³-hybridized carbons (Fsp3) is 0.333. The number of hydrogen-bond acceptors (Lipinski definition) is 3. The van der Waals surface area contributed by atoms with Crippen LogP contribution in [0.2, 0.25) is 4.34 Å². The quantitative estimate of drug-likeness (QED) is 0.744. The Labute approximate surface area is 137 Å². The van der Waals surface area contributed by atoms with E-state index in [2.05, 4.69) is 46.4 Å². The van der Waals surface area contributed by atoms with Crippen LogP contribution in [0.1, 0.15) is 29.8 Å². The Balaban J connectivity index is 2.27. The SMILES string of the molecule is CCCOc1cccc(C(NC)c2cc(Br)c(Cl)s2)c1. The Morgan fingerprint density at radius 1 is 1.40 bits per heavy atom. The molecular formula is C15H17BrClNOS. The molecule has 0 aliphatic rings. The highest BCUT2D eigenvalue weighted by molar-refractivity contribution is 9.10. The van der Waals surface area contributed by atoms with Crippen LogP contribution in [0, 0.1) is 0 Å². The van der Waals surface area contributed by atoms with Crippen molar-refractivity contribution >= 4 is 38.9 Å². The average Bonchev–Trinajstić information content (AvgIpc) is 2.77. The lowest BCUT2D eigenvalue weighted by Gasteiger charge is -2.16. The highest BCUT2D eigenvalue weighted by Gasteiger charge is 2.16. The van der Waals surface area contributed by atoms with E-state index in [1.165, 1.54) is 10.4 Å². The number of thiophene rings is 1. The maximum absolute atomic E-state index is 6.14. The van der Waals surface area contributed by atoms with E-state index in [0.29, 0.717) is 0 Å². The van der Waals surface area contributed by atoms with Crippen molar-refractivity contribution in [2.45, 2.75) is 19.4 Å². The summed E-state index contributed by atoms with van der Waals surface area (Å²) in [5.41, 5.74) is 1.17. The molecule has 1 aromatic carbocycles. The zero-order valence-electron chi connectivity index (χ0n) is 11.5. The molecule has 1 heterocycles. The lowest BCUT2D eigenvalue weighted by molar-refractivity contribution is 0.317. The number of nitrogens with one attached hydrogen (secondary N) is 1. The van der Waals surface area contributed by atoms with Crippen molar-refractivity contribution < 1.29 is 4.74 Å². The highest BCUT2D eigenvalue weighted by Crippen LogP contribution is 2.37. The molecule has 0 spiro atoms. The molecule has 1 unspecified atom stereocenters. The summed E-state index contributed by atoms with van der Waals surface area (Å²) < 4.78 is 7.41. The maximum Gasteiger partial charge on any atom is 0.119 e. The van der Waals surface area contributed by atoms with Gasteiger partial charge in [0.1, 0.15) is 10.1 Å². The number of halogens is 2. The van der Waals surface area contributed by atoms with Crippen LogP contribution in [-0.4, -0.2) is 13.7 Å². The number of benzene rings is 1. The standard InChI is InChI=1S/C15H17BrClNOS/c1-3-7-19-11-6-4-5-10(8-11)14(18-2)13-9-12(16)15(17)20-13/h4-6,8-9,14,18H,3,7H2,1-2H3. The van der Waals surface area contributed by atoms with Gasteiger partial charge in [-0.1, -0.05) is 30.7 Å². The van der Waals surface area contributed by atoms with Gasteiger partial charge in [-0.3, -0.25) is 0 Å². The van der Waals surface area contributed by atoms with Gasteiger partial charge < -0.3 is 10.1 Å². The van der Waals surface area contributed by atoms with Crippen LogP contribution in [0.4, 0.5) is 0 Å². The minimum Gasteiger partial charge on any atom is -0.494 e. The summed E-state index contributed by atoms with van der Waals surface area (Å²) in [6, 6.07) is 10.4. The summed E-state index contributed by atoms with van der Waals surface area (Å²) in [5.74, 6) is 0.909. The molecular weight excluding hydrogens is 358 g/mol. The second-order valence-corrected chi connectivity index (χ2v) is 6.95. The average molecular weight is 375 g/mol. The van der Waals surface area contributed by atoms with Crippen molar-refractivity contribution in [1.29, 1.82) is 0 Å². The fourth-order valence-electron chi connectivity index (χ4n) is 1.98. The van der Waals surface area contributed by atoms with Gasteiger partial charge in [-0.05, 0) is 53.2 Å². The van der Waals surface area contributed by atoms with Crippen LogP contribution >= 0.6 is 38.9 Å². The first kappa shape index (κ1) is 15.8. The van der Waals surface area contributed by atoms with E-state index in [-0.39, 0.29) is 6.04 Å². The Morgan fingerprint density at radius 3 is 2.80 bits per heavy atom. The second kappa shape index (κ2) is 7.46. The van der Waals surface area contributed by atoms with Gasteiger partial charge in [0.05, 0.1) is 12.6 Å². The first-order valence-electron chi connectivity index (χ1n) is 6.50. The van der Waals surface area contributed by atoms with Crippen molar-refractivity contribution in [2.75, 3.05) is 13.7 Å². The first-order chi connectivity index (χ1) is 9.65. The molecule has 0 radical (unpaired) electrons. The van der Waals surface area contributed by atoms with Gasteiger partial charge in [0.15, 0.2) is 0 Å². The van der Waals surface area contributed by atoms with Crippen molar-refractivity contribution in [3.63, 3.8) is 0 Å². The Hall–Kier alpha value is -0.550. The molecule has 1 aromatic heterocycles. The molecule has 2 rings (SSSR count). The fourth-order valence-corrected chi connectivity index (χ4v) is 3.86. The van der Waals surface area contributed by atoms with Crippen LogP contribution in [0.25, 0.3) is 0 Å². The molecule has 108 valence electrons. The minimum absolute atomic E-state index is 0.119. The molecule has 5 heteroatoms. The minimum atomic E-state index is 0.119. The largest absolute Gasteiger partial charge is 0.494 e. The summed E-state index contributed by atoms with van der Waals surface area (Å²) in [4.78, 5) is 1.18. The van der Waals surface area contributed by atoms with Crippen LogP contribution in [0.5, 0.6) is 5.75 Å². The van der Waals surface area contributed by atoms with Crippen molar-refractivity contribution in [3.05, 3.63) is 49.6 Å². The third-order valence-corrected chi connectivity index (χ3v) is 5.44. The van der Waals surface area contributed by atoms with Gasteiger partial charge in [-0.25, -0.2) is 0 Å². The monoisotopic (exact) mass is 373 g/mol. The lowest BCUT2D eigenvalue weighted by Crippen LogP contribution is -2.16. The smallest absolute Gasteiger partial charge is 0.119 e. The zero-order chi connectivity index (χ0) is 14.5. The molecule has 0 saturated carbocycles. The van der Waals surface area contributed by atoms with E-state index in [0.717, 1.165) is 27.6 Å². The molecule has 0 aliphatic heterocycles. The summed E-state index contributed by atoms with van der Waals surface area (Å²) in [6.07, 6.45) is 1.01. The summed E-state index contributed by atoms with van der Waals surface area (Å²) >= 11 is 11.2. The van der Waals surface area contributed by atoms with E-state index in [9.17, 15) is 0 Å². The van der Waals surface area contributed by atoms with Crippen LogP contribution in [0.3, 0.4) is 0 Å². The molecule has 0 bridgehead atoms. The Bertz CT molecular complexity index is 553. The molecule has 0 fully saturated rings. The van der Waals surface area contributed by atoms with Crippen LogP contribution in [-0.2, 0) is 0 Å². The molecule has 20 heavy (non-hydrogen) atoms. The third-order valence-electron chi connectivity index (χ3n) is 2.90. The molecule has 2 aromatic rings. The number of rotatable bonds is 6. The van der Waals surface area contributed by atoms with Gasteiger partial charge in [-0.2, -0.15) is 0 Å². The maximum atomic E-state index is 6.14. The zero-order valence-corrected chi connectivity index (χ0v) is 14.6.